The van der Waals surface area contributed by atoms with E-state index < -0.39 is 10.0 Å². The van der Waals surface area contributed by atoms with Gasteiger partial charge in [0.05, 0.1) is 24.7 Å². The first-order valence-corrected chi connectivity index (χ1v) is 11.7. The van der Waals surface area contributed by atoms with Crippen LogP contribution in [0.5, 0.6) is 17.2 Å². The minimum absolute atomic E-state index is 0.0512. The SMILES string of the molecule is CCOc1cc(C(=O)NCCNS(=O)(=O)c2ccc(C)cc2)cc(OCC)c1OCC. The molecular formula is C22H30N2O6S. The summed E-state index contributed by atoms with van der Waals surface area (Å²) in [5.41, 5.74) is 1.30. The van der Waals surface area contributed by atoms with E-state index in [0.29, 0.717) is 42.6 Å². The van der Waals surface area contributed by atoms with Crippen LogP contribution in [-0.2, 0) is 10.0 Å². The molecule has 0 aromatic heterocycles. The predicted octanol–water partition coefficient (Wildman–Crippen LogP) is 2.90. The highest BCUT2D eigenvalue weighted by atomic mass is 32.2. The van der Waals surface area contributed by atoms with Crippen molar-refractivity contribution in [2.75, 3.05) is 32.9 Å². The van der Waals surface area contributed by atoms with Crippen molar-refractivity contribution < 1.29 is 27.4 Å². The van der Waals surface area contributed by atoms with Crippen LogP contribution in [0.4, 0.5) is 0 Å². The first-order chi connectivity index (χ1) is 14.8. The maximum Gasteiger partial charge on any atom is 0.251 e. The number of hydrogen-bond acceptors (Lipinski definition) is 6. The van der Waals surface area contributed by atoms with Crippen molar-refractivity contribution in [2.24, 2.45) is 0 Å². The lowest BCUT2D eigenvalue weighted by molar-refractivity contribution is 0.0953. The van der Waals surface area contributed by atoms with Gasteiger partial charge >= 0.3 is 0 Å². The number of carbonyl (C=O) groups excluding carboxylic acids is 1. The van der Waals surface area contributed by atoms with Gasteiger partial charge < -0.3 is 19.5 Å². The molecular weight excluding hydrogens is 420 g/mol. The number of hydrogen-bond donors (Lipinski definition) is 2. The Hall–Kier alpha value is -2.78. The fraction of sp³-hybridized carbons (Fsp3) is 0.409. The van der Waals surface area contributed by atoms with Gasteiger partial charge in [0, 0.05) is 18.7 Å². The lowest BCUT2D eigenvalue weighted by Crippen LogP contribution is -2.34. The third-order valence-electron chi connectivity index (χ3n) is 4.21. The number of benzene rings is 2. The molecule has 2 rings (SSSR count). The van der Waals surface area contributed by atoms with Gasteiger partial charge in [-0.2, -0.15) is 0 Å². The Morgan fingerprint density at radius 2 is 1.42 bits per heavy atom. The first-order valence-electron chi connectivity index (χ1n) is 10.2. The van der Waals surface area contributed by atoms with E-state index >= 15 is 0 Å². The van der Waals surface area contributed by atoms with Gasteiger partial charge in [0.2, 0.25) is 15.8 Å². The van der Waals surface area contributed by atoms with Crippen LogP contribution in [0.1, 0.15) is 36.7 Å². The van der Waals surface area contributed by atoms with Crippen molar-refractivity contribution in [2.45, 2.75) is 32.6 Å². The van der Waals surface area contributed by atoms with Crippen molar-refractivity contribution in [3.63, 3.8) is 0 Å². The molecule has 0 atom stereocenters. The molecule has 2 N–H and O–H groups in total. The summed E-state index contributed by atoms with van der Waals surface area (Å²) in [6, 6.07) is 9.72. The van der Waals surface area contributed by atoms with Crippen LogP contribution >= 0.6 is 0 Å². The summed E-state index contributed by atoms with van der Waals surface area (Å²) in [7, 11) is -3.64. The van der Waals surface area contributed by atoms with Gasteiger partial charge in [-0.15, -0.1) is 0 Å². The molecule has 0 radical (unpaired) electrons. The highest BCUT2D eigenvalue weighted by molar-refractivity contribution is 7.89. The fourth-order valence-corrected chi connectivity index (χ4v) is 3.82. The van der Waals surface area contributed by atoms with E-state index in [-0.39, 0.29) is 23.9 Å². The summed E-state index contributed by atoms with van der Waals surface area (Å²) in [5.74, 6) is 0.911. The van der Waals surface area contributed by atoms with Crippen molar-refractivity contribution in [1.82, 2.24) is 10.0 Å². The van der Waals surface area contributed by atoms with Gasteiger partial charge in [0.25, 0.3) is 5.91 Å². The van der Waals surface area contributed by atoms with Crippen LogP contribution in [0.25, 0.3) is 0 Å². The van der Waals surface area contributed by atoms with E-state index in [2.05, 4.69) is 10.0 Å². The van der Waals surface area contributed by atoms with Crippen LogP contribution in [-0.4, -0.2) is 47.2 Å². The molecule has 170 valence electrons. The molecule has 0 saturated carbocycles. The predicted molar refractivity (Wildman–Crippen MR) is 119 cm³/mol. The molecule has 0 unspecified atom stereocenters. The maximum absolute atomic E-state index is 12.6. The van der Waals surface area contributed by atoms with Gasteiger partial charge in [0.1, 0.15) is 0 Å². The average molecular weight is 451 g/mol. The van der Waals surface area contributed by atoms with E-state index in [9.17, 15) is 13.2 Å². The third-order valence-corrected chi connectivity index (χ3v) is 5.68. The van der Waals surface area contributed by atoms with Gasteiger partial charge in [0.15, 0.2) is 11.5 Å². The molecule has 0 aliphatic carbocycles. The highest BCUT2D eigenvalue weighted by Crippen LogP contribution is 2.39. The second-order valence-electron chi connectivity index (χ2n) is 6.57. The summed E-state index contributed by atoms with van der Waals surface area (Å²) in [6.45, 7) is 8.80. The summed E-state index contributed by atoms with van der Waals surface area (Å²) in [5, 5.41) is 2.70. The van der Waals surface area contributed by atoms with Gasteiger partial charge in [-0.1, -0.05) is 17.7 Å². The minimum atomic E-state index is -3.64. The molecule has 2 aromatic rings. The Kier molecular flexibility index (Phi) is 9.14. The van der Waals surface area contributed by atoms with E-state index in [4.69, 9.17) is 14.2 Å². The topological polar surface area (TPSA) is 103 Å². The van der Waals surface area contributed by atoms with Crippen molar-refractivity contribution in [3.8, 4) is 17.2 Å². The Morgan fingerprint density at radius 1 is 0.871 bits per heavy atom. The molecule has 8 nitrogen and oxygen atoms in total. The van der Waals surface area contributed by atoms with Crippen molar-refractivity contribution in [1.29, 1.82) is 0 Å². The quantitative estimate of drug-likeness (QED) is 0.482. The summed E-state index contributed by atoms with van der Waals surface area (Å²) < 4.78 is 44.0. The zero-order chi connectivity index (χ0) is 22.9. The average Bonchev–Trinajstić information content (AvgIpc) is 2.74. The number of amides is 1. The third kappa shape index (κ3) is 6.86. The molecule has 0 bridgehead atoms. The summed E-state index contributed by atoms with van der Waals surface area (Å²) in [4.78, 5) is 12.8. The molecule has 0 saturated heterocycles. The fourth-order valence-electron chi connectivity index (χ4n) is 2.78. The molecule has 9 heteroatoms. The van der Waals surface area contributed by atoms with Crippen molar-refractivity contribution in [3.05, 3.63) is 47.5 Å². The van der Waals surface area contributed by atoms with E-state index in [1.807, 2.05) is 27.7 Å². The van der Waals surface area contributed by atoms with Gasteiger partial charge in [-0.3, -0.25) is 4.79 Å². The molecule has 0 spiro atoms. The van der Waals surface area contributed by atoms with Gasteiger partial charge in [-0.25, -0.2) is 13.1 Å². The molecule has 0 heterocycles. The first kappa shape index (κ1) is 24.5. The zero-order valence-corrected chi connectivity index (χ0v) is 19.2. The van der Waals surface area contributed by atoms with E-state index in [1.54, 1.807) is 36.4 Å². The Morgan fingerprint density at radius 3 is 1.94 bits per heavy atom. The molecule has 2 aromatic carbocycles. The van der Waals surface area contributed by atoms with E-state index in [0.717, 1.165) is 5.56 Å². The second kappa shape index (κ2) is 11.6. The highest BCUT2D eigenvalue weighted by Gasteiger charge is 2.18. The normalized spacial score (nSPS) is 11.1. The van der Waals surface area contributed by atoms with Crippen LogP contribution < -0.4 is 24.2 Å². The van der Waals surface area contributed by atoms with Crippen LogP contribution in [0.15, 0.2) is 41.3 Å². The number of aryl methyl sites for hydroxylation is 1. The number of carbonyl (C=O) groups is 1. The smallest absolute Gasteiger partial charge is 0.251 e. The van der Waals surface area contributed by atoms with Crippen molar-refractivity contribution >= 4 is 15.9 Å². The van der Waals surface area contributed by atoms with Crippen LogP contribution in [0.3, 0.4) is 0 Å². The number of nitrogens with one attached hydrogen (secondary N) is 2. The monoisotopic (exact) mass is 450 g/mol. The Balaban J connectivity index is 2.05. The largest absolute Gasteiger partial charge is 0.490 e. The van der Waals surface area contributed by atoms with Crippen LogP contribution in [0.2, 0.25) is 0 Å². The number of sulfonamides is 1. The zero-order valence-electron chi connectivity index (χ0n) is 18.4. The Labute approximate surface area is 184 Å². The maximum atomic E-state index is 12.6. The summed E-state index contributed by atoms with van der Waals surface area (Å²) >= 11 is 0. The minimum Gasteiger partial charge on any atom is -0.490 e. The molecule has 0 aliphatic heterocycles. The van der Waals surface area contributed by atoms with E-state index in [1.165, 1.54) is 0 Å². The number of rotatable bonds is 12. The standard InChI is InChI=1S/C22H30N2O6S/c1-5-28-19-14-17(15-20(29-6-2)21(19)30-7-3)22(25)23-12-13-24-31(26,27)18-10-8-16(4)9-11-18/h8-11,14-15,24H,5-7,12-13H2,1-4H3,(H,23,25). The molecule has 0 aliphatic rings. The molecule has 31 heavy (non-hydrogen) atoms. The lowest BCUT2D eigenvalue weighted by atomic mass is 10.1. The lowest BCUT2D eigenvalue weighted by Gasteiger charge is -2.17. The molecule has 1 amide bonds. The second-order valence-corrected chi connectivity index (χ2v) is 8.33. The Bertz CT molecular complexity index is 947. The summed E-state index contributed by atoms with van der Waals surface area (Å²) in [6.07, 6.45) is 0. The number of ether oxygens (including phenoxy) is 3. The van der Waals surface area contributed by atoms with Gasteiger partial charge in [-0.05, 0) is 52.0 Å². The molecule has 0 fully saturated rings. The van der Waals surface area contributed by atoms with Crippen LogP contribution in [0, 0.1) is 6.92 Å².